The van der Waals surface area contributed by atoms with Gasteiger partial charge >= 0.3 is 0 Å². The van der Waals surface area contributed by atoms with Crippen LogP contribution in [-0.4, -0.2) is 37.1 Å². The van der Waals surface area contributed by atoms with E-state index in [1.807, 2.05) is 0 Å². The fourth-order valence-electron chi connectivity index (χ4n) is 2.27. The maximum atomic E-state index is 3.55. The molecular weight excluding hydrogens is 210 g/mol. The van der Waals surface area contributed by atoms with Crippen LogP contribution in [0.1, 0.15) is 18.5 Å². The summed E-state index contributed by atoms with van der Waals surface area (Å²) < 4.78 is 0. The van der Waals surface area contributed by atoms with E-state index in [-0.39, 0.29) is 0 Å². The zero-order chi connectivity index (χ0) is 12.3. The highest BCUT2D eigenvalue weighted by molar-refractivity contribution is 5.83. The minimum Gasteiger partial charge on any atom is -0.361 e. The molecule has 3 heteroatoms. The molecule has 0 aliphatic carbocycles. The molecule has 0 spiro atoms. The summed E-state index contributed by atoms with van der Waals surface area (Å²) in [5.74, 6) is 0. The Morgan fingerprint density at radius 3 is 2.76 bits per heavy atom. The largest absolute Gasteiger partial charge is 0.361 e. The van der Waals surface area contributed by atoms with Gasteiger partial charge < -0.3 is 15.2 Å². The number of H-pyrrole nitrogens is 1. The molecule has 0 aliphatic rings. The van der Waals surface area contributed by atoms with E-state index >= 15 is 0 Å². The Kier molecular flexibility index (Phi) is 3.82. The number of benzene rings is 1. The van der Waals surface area contributed by atoms with Crippen LogP contribution in [0.25, 0.3) is 10.9 Å². The SMILES string of the molecule is CCNC(CN(C)C)c1c[nH]c2ccccc12. The van der Waals surface area contributed by atoms with E-state index in [2.05, 4.69) is 66.7 Å². The Morgan fingerprint density at radius 2 is 2.06 bits per heavy atom. The average molecular weight is 231 g/mol. The van der Waals surface area contributed by atoms with Gasteiger partial charge in [-0.2, -0.15) is 0 Å². The van der Waals surface area contributed by atoms with Crippen molar-refractivity contribution in [1.82, 2.24) is 15.2 Å². The number of aromatic nitrogens is 1. The van der Waals surface area contributed by atoms with Crippen LogP contribution in [0, 0.1) is 0 Å². The molecule has 0 bridgehead atoms. The van der Waals surface area contributed by atoms with Gasteiger partial charge in [-0.1, -0.05) is 25.1 Å². The number of aromatic amines is 1. The average Bonchev–Trinajstić information content (AvgIpc) is 2.71. The van der Waals surface area contributed by atoms with E-state index in [4.69, 9.17) is 0 Å². The predicted molar refractivity (Wildman–Crippen MR) is 73.3 cm³/mol. The van der Waals surface area contributed by atoms with Crippen molar-refractivity contribution in [1.29, 1.82) is 0 Å². The molecule has 2 N–H and O–H groups in total. The van der Waals surface area contributed by atoms with Crippen LogP contribution in [-0.2, 0) is 0 Å². The van der Waals surface area contributed by atoms with Crippen LogP contribution in [0.5, 0.6) is 0 Å². The summed E-state index contributed by atoms with van der Waals surface area (Å²) in [6, 6.07) is 8.85. The van der Waals surface area contributed by atoms with Crippen LogP contribution < -0.4 is 5.32 Å². The molecule has 2 rings (SSSR count). The molecule has 2 aromatic rings. The number of nitrogens with zero attached hydrogens (tertiary/aromatic N) is 1. The van der Waals surface area contributed by atoms with Crippen molar-refractivity contribution in [2.45, 2.75) is 13.0 Å². The summed E-state index contributed by atoms with van der Waals surface area (Å²) in [5.41, 5.74) is 2.57. The molecule has 0 amide bonds. The molecule has 1 aromatic heterocycles. The standard InChI is InChI=1S/C14H21N3/c1-4-15-14(10-17(2)3)12-9-16-13-8-6-5-7-11(12)13/h5-9,14-16H,4,10H2,1-3H3. The summed E-state index contributed by atoms with van der Waals surface area (Å²) in [7, 11) is 4.22. The van der Waals surface area contributed by atoms with E-state index in [0.717, 1.165) is 13.1 Å². The molecule has 3 nitrogen and oxygen atoms in total. The van der Waals surface area contributed by atoms with Crippen molar-refractivity contribution in [2.75, 3.05) is 27.2 Å². The van der Waals surface area contributed by atoms with E-state index in [1.165, 1.54) is 16.5 Å². The van der Waals surface area contributed by atoms with Gasteiger partial charge in [-0.05, 0) is 32.3 Å². The number of hydrogen-bond acceptors (Lipinski definition) is 2. The van der Waals surface area contributed by atoms with Gasteiger partial charge in [0.05, 0.1) is 0 Å². The van der Waals surface area contributed by atoms with Crippen molar-refractivity contribution < 1.29 is 0 Å². The van der Waals surface area contributed by atoms with E-state index in [1.54, 1.807) is 0 Å². The first-order chi connectivity index (χ1) is 8.22. The maximum absolute atomic E-state index is 3.55. The van der Waals surface area contributed by atoms with Crippen LogP contribution >= 0.6 is 0 Å². The van der Waals surface area contributed by atoms with Crippen molar-refractivity contribution in [2.24, 2.45) is 0 Å². The first-order valence-electron chi connectivity index (χ1n) is 6.16. The molecule has 0 saturated heterocycles. The molecule has 1 atom stereocenters. The fourth-order valence-corrected chi connectivity index (χ4v) is 2.27. The summed E-state index contributed by atoms with van der Waals surface area (Å²) >= 11 is 0. The first-order valence-corrected chi connectivity index (χ1v) is 6.16. The van der Waals surface area contributed by atoms with E-state index < -0.39 is 0 Å². The monoisotopic (exact) mass is 231 g/mol. The van der Waals surface area contributed by atoms with E-state index in [0.29, 0.717) is 6.04 Å². The zero-order valence-corrected chi connectivity index (χ0v) is 10.8. The summed E-state index contributed by atoms with van der Waals surface area (Å²) in [6.07, 6.45) is 2.13. The highest BCUT2D eigenvalue weighted by Crippen LogP contribution is 2.24. The Hall–Kier alpha value is -1.32. The van der Waals surface area contributed by atoms with Crippen molar-refractivity contribution in [3.8, 4) is 0 Å². The fraction of sp³-hybridized carbons (Fsp3) is 0.429. The summed E-state index contributed by atoms with van der Waals surface area (Å²) in [4.78, 5) is 5.56. The molecule has 1 unspecified atom stereocenters. The maximum Gasteiger partial charge on any atom is 0.0470 e. The molecule has 0 radical (unpaired) electrons. The minimum absolute atomic E-state index is 0.381. The van der Waals surface area contributed by atoms with Crippen molar-refractivity contribution >= 4 is 10.9 Å². The Morgan fingerprint density at radius 1 is 1.29 bits per heavy atom. The summed E-state index contributed by atoms with van der Waals surface area (Å²) in [5, 5.41) is 4.87. The number of fused-ring (bicyclic) bond motifs is 1. The Bertz CT molecular complexity index is 473. The van der Waals surface area contributed by atoms with Crippen molar-refractivity contribution in [3.05, 3.63) is 36.0 Å². The minimum atomic E-state index is 0.381. The predicted octanol–water partition coefficient (Wildman–Crippen LogP) is 2.38. The Balaban J connectivity index is 2.34. The van der Waals surface area contributed by atoms with Gasteiger partial charge in [-0.15, -0.1) is 0 Å². The number of rotatable bonds is 5. The van der Waals surface area contributed by atoms with Crippen molar-refractivity contribution in [3.63, 3.8) is 0 Å². The van der Waals surface area contributed by atoms with Gasteiger partial charge in [-0.3, -0.25) is 0 Å². The molecule has 1 heterocycles. The highest BCUT2D eigenvalue weighted by Gasteiger charge is 2.15. The van der Waals surface area contributed by atoms with Gasteiger partial charge in [0.1, 0.15) is 0 Å². The molecule has 0 aliphatic heterocycles. The number of nitrogens with one attached hydrogen (secondary N) is 2. The normalized spacial score (nSPS) is 13.4. The molecule has 0 saturated carbocycles. The van der Waals surface area contributed by atoms with Crippen LogP contribution in [0.3, 0.4) is 0 Å². The van der Waals surface area contributed by atoms with Gasteiger partial charge in [0, 0.05) is 29.7 Å². The lowest BCUT2D eigenvalue weighted by Gasteiger charge is -2.21. The third-order valence-corrected chi connectivity index (χ3v) is 2.99. The number of likely N-dealkylation sites (N-methyl/N-ethyl adjacent to an activating group) is 2. The van der Waals surface area contributed by atoms with E-state index in [9.17, 15) is 0 Å². The van der Waals surface area contributed by atoms with Crippen LogP contribution in [0.4, 0.5) is 0 Å². The van der Waals surface area contributed by atoms with Gasteiger partial charge in [0.2, 0.25) is 0 Å². The smallest absolute Gasteiger partial charge is 0.0470 e. The Labute approximate surface area is 103 Å². The molecular formula is C14H21N3. The lowest BCUT2D eigenvalue weighted by Crippen LogP contribution is -2.30. The third-order valence-electron chi connectivity index (χ3n) is 2.99. The molecule has 1 aromatic carbocycles. The van der Waals surface area contributed by atoms with Gasteiger partial charge in [0.25, 0.3) is 0 Å². The second-order valence-electron chi connectivity index (χ2n) is 4.66. The van der Waals surface area contributed by atoms with Gasteiger partial charge in [0.15, 0.2) is 0 Å². The zero-order valence-electron chi connectivity index (χ0n) is 10.8. The number of hydrogen-bond donors (Lipinski definition) is 2. The second-order valence-corrected chi connectivity index (χ2v) is 4.66. The topological polar surface area (TPSA) is 31.1 Å². The third kappa shape index (κ3) is 2.68. The first kappa shape index (κ1) is 12.1. The lowest BCUT2D eigenvalue weighted by atomic mass is 10.1. The molecule has 92 valence electrons. The van der Waals surface area contributed by atoms with Crippen LogP contribution in [0.15, 0.2) is 30.5 Å². The lowest BCUT2D eigenvalue weighted by molar-refractivity contribution is 0.346. The number of para-hydroxylation sites is 1. The molecule has 0 fully saturated rings. The molecule has 17 heavy (non-hydrogen) atoms. The van der Waals surface area contributed by atoms with Crippen LogP contribution in [0.2, 0.25) is 0 Å². The van der Waals surface area contributed by atoms with Gasteiger partial charge in [-0.25, -0.2) is 0 Å². The second kappa shape index (κ2) is 5.34. The summed E-state index contributed by atoms with van der Waals surface area (Å²) in [6.45, 7) is 4.14. The quantitative estimate of drug-likeness (QED) is 0.828. The highest BCUT2D eigenvalue weighted by atomic mass is 15.1.